The standard InChI is InChI=1S/C37H46N2O6/c40-26-27-15-17-29(18-16-27)34-23-33(25-39-19-5-2-6-20-39)44-37(45-34)32-12-8-11-31(22-32)30-10-7-9-28(21-30)24-38-35(41)13-3-1-4-14-36(42)43/h7-12,15-18,21-22,33-34,37,40H,1-6,13-14,19-20,23-26H2,(H,38,41)(H,42,43)/t33-,34+,37+/m1/s1. The number of benzene rings is 3. The van der Waals surface area contributed by atoms with E-state index in [4.69, 9.17) is 14.6 Å². The summed E-state index contributed by atoms with van der Waals surface area (Å²) in [4.78, 5) is 25.5. The molecule has 0 saturated carbocycles. The monoisotopic (exact) mass is 614 g/mol. The van der Waals surface area contributed by atoms with Crippen LogP contribution in [-0.4, -0.2) is 52.7 Å². The molecule has 0 spiro atoms. The number of carboxylic acids is 1. The molecule has 3 N–H and O–H groups in total. The second-order valence-corrected chi connectivity index (χ2v) is 12.3. The first kappa shape index (κ1) is 32.8. The molecule has 45 heavy (non-hydrogen) atoms. The molecule has 0 unspecified atom stereocenters. The zero-order valence-electron chi connectivity index (χ0n) is 26.0. The molecule has 3 aromatic carbocycles. The maximum Gasteiger partial charge on any atom is 0.303 e. The molecule has 2 fully saturated rings. The molecule has 0 aliphatic carbocycles. The van der Waals surface area contributed by atoms with Gasteiger partial charge in [0.2, 0.25) is 5.91 Å². The second-order valence-electron chi connectivity index (χ2n) is 12.3. The Morgan fingerprint density at radius 3 is 2.29 bits per heavy atom. The highest BCUT2D eigenvalue weighted by molar-refractivity contribution is 5.76. The number of aliphatic carboxylic acids is 1. The number of rotatable bonds is 14. The zero-order valence-corrected chi connectivity index (χ0v) is 26.0. The summed E-state index contributed by atoms with van der Waals surface area (Å²) in [6, 6.07) is 24.5. The fraction of sp³-hybridized carbons (Fsp3) is 0.459. The molecular weight excluding hydrogens is 568 g/mol. The van der Waals surface area contributed by atoms with Crippen molar-refractivity contribution in [2.45, 2.75) is 89.4 Å². The number of ether oxygens (including phenoxy) is 2. The predicted molar refractivity (Wildman–Crippen MR) is 173 cm³/mol. The van der Waals surface area contributed by atoms with Crippen molar-refractivity contribution in [1.82, 2.24) is 10.2 Å². The molecule has 240 valence electrons. The topological polar surface area (TPSA) is 108 Å². The van der Waals surface area contributed by atoms with Gasteiger partial charge in [0.1, 0.15) is 0 Å². The largest absolute Gasteiger partial charge is 0.481 e. The number of unbranched alkanes of at least 4 members (excludes halogenated alkanes) is 2. The molecule has 2 heterocycles. The highest BCUT2D eigenvalue weighted by Gasteiger charge is 2.33. The fourth-order valence-electron chi connectivity index (χ4n) is 6.22. The number of likely N-dealkylation sites (tertiary alicyclic amines) is 1. The Bertz CT molecular complexity index is 1390. The Labute approximate surface area is 266 Å². The minimum atomic E-state index is -0.796. The minimum Gasteiger partial charge on any atom is -0.481 e. The summed E-state index contributed by atoms with van der Waals surface area (Å²) in [5.74, 6) is -0.820. The van der Waals surface area contributed by atoms with Crippen LogP contribution in [0.15, 0.2) is 72.8 Å². The predicted octanol–water partition coefficient (Wildman–Crippen LogP) is 6.53. The Morgan fingerprint density at radius 1 is 0.800 bits per heavy atom. The maximum atomic E-state index is 12.3. The van der Waals surface area contributed by atoms with Gasteiger partial charge in [-0.25, -0.2) is 0 Å². The SMILES string of the molecule is O=C(O)CCCCCC(=O)NCc1cccc(-c2cccc([C@H]3O[C@@H](CN4CCCCC4)C[C@@H](c4ccc(CO)cc4)O3)c2)c1. The number of carbonyl (C=O) groups excluding carboxylic acids is 1. The van der Waals surface area contributed by atoms with E-state index in [1.54, 1.807) is 0 Å². The van der Waals surface area contributed by atoms with Crippen molar-refractivity contribution in [3.8, 4) is 11.1 Å². The van der Waals surface area contributed by atoms with Crippen LogP contribution in [0.5, 0.6) is 0 Å². The first-order valence-electron chi connectivity index (χ1n) is 16.4. The summed E-state index contributed by atoms with van der Waals surface area (Å²) in [5.41, 5.74) is 6.05. The van der Waals surface area contributed by atoms with Crippen molar-refractivity contribution < 1.29 is 29.3 Å². The first-order valence-corrected chi connectivity index (χ1v) is 16.4. The van der Waals surface area contributed by atoms with Crippen LogP contribution < -0.4 is 5.32 Å². The normalized spacial score (nSPS) is 20.5. The maximum absolute atomic E-state index is 12.3. The van der Waals surface area contributed by atoms with E-state index in [1.165, 1.54) is 19.3 Å². The number of nitrogens with zero attached hydrogens (tertiary/aromatic N) is 1. The number of hydrogen-bond donors (Lipinski definition) is 3. The van der Waals surface area contributed by atoms with Gasteiger partial charge in [0, 0.05) is 37.9 Å². The lowest BCUT2D eigenvalue weighted by atomic mass is 9.98. The van der Waals surface area contributed by atoms with Gasteiger partial charge < -0.3 is 29.9 Å². The van der Waals surface area contributed by atoms with Gasteiger partial charge in [-0.1, -0.05) is 73.5 Å². The molecule has 0 radical (unpaired) electrons. The van der Waals surface area contributed by atoms with Crippen LogP contribution in [-0.2, 0) is 32.2 Å². The summed E-state index contributed by atoms with van der Waals surface area (Å²) in [6.07, 6.45) is 6.52. The van der Waals surface area contributed by atoms with Gasteiger partial charge in [-0.15, -0.1) is 0 Å². The number of aliphatic hydroxyl groups is 1. The minimum absolute atomic E-state index is 0.0195. The fourth-order valence-corrected chi connectivity index (χ4v) is 6.22. The molecule has 2 saturated heterocycles. The van der Waals surface area contributed by atoms with Crippen molar-refractivity contribution in [2.24, 2.45) is 0 Å². The third kappa shape index (κ3) is 9.96. The van der Waals surface area contributed by atoms with E-state index in [0.29, 0.717) is 25.8 Å². The summed E-state index contributed by atoms with van der Waals surface area (Å²) in [7, 11) is 0. The Morgan fingerprint density at radius 2 is 1.53 bits per heavy atom. The molecule has 2 aliphatic rings. The van der Waals surface area contributed by atoms with E-state index in [9.17, 15) is 14.7 Å². The van der Waals surface area contributed by atoms with E-state index in [0.717, 1.165) is 65.9 Å². The van der Waals surface area contributed by atoms with Crippen LogP contribution >= 0.6 is 0 Å². The Balaban J connectivity index is 1.25. The first-order chi connectivity index (χ1) is 22.0. The van der Waals surface area contributed by atoms with E-state index in [1.807, 2.05) is 30.3 Å². The molecule has 0 aromatic heterocycles. The highest BCUT2D eigenvalue weighted by atomic mass is 16.7. The lowest BCUT2D eigenvalue weighted by molar-refractivity contribution is -0.253. The average Bonchev–Trinajstić information content (AvgIpc) is 3.07. The lowest BCUT2D eigenvalue weighted by Gasteiger charge is -2.39. The number of aliphatic hydroxyl groups excluding tert-OH is 1. The lowest BCUT2D eigenvalue weighted by Crippen LogP contribution is -2.41. The highest BCUT2D eigenvalue weighted by Crippen LogP contribution is 2.39. The number of carboxylic acid groups (broad SMARTS) is 1. The van der Waals surface area contributed by atoms with Crippen molar-refractivity contribution in [2.75, 3.05) is 19.6 Å². The van der Waals surface area contributed by atoms with E-state index in [-0.39, 0.29) is 31.1 Å². The second kappa shape index (κ2) is 16.7. The number of nitrogens with one attached hydrogen (secondary N) is 1. The van der Waals surface area contributed by atoms with E-state index < -0.39 is 12.3 Å². The van der Waals surface area contributed by atoms with Gasteiger partial charge >= 0.3 is 5.97 Å². The number of carbonyl (C=O) groups is 2. The van der Waals surface area contributed by atoms with E-state index >= 15 is 0 Å². The zero-order chi connectivity index (χ0) is 31.4. The van der Waals surface area contributed by atoms with Gasteiger partial charge in [-0.3, -0.25) is 9.59 Å². The summed E-state index contributed by atoms with van der Waals surface area (Å²) in [6.45, 7) is 3.57. The molecule has 8 nitrogen and oxygen atoms in total. The third-order valence-electron chi connectivity index (χ3n) is 8.73. The molecule has 0 bridgehead atoms. The van der Waals surface area contributed by atoms with Crippen molar-refractivity contribution in [1.29, 1.82) is 0 Å². The molecule has 2 aliphatic heterocycles. The van der Waals surface area contributed by atoms with Gasteiger partial charge in [0.15, 0.2) is 6.29 Å². The van der Waals surface area contributed by atoms with Gasteiger partial charge in [0.05, 0.1) is 18.8 Å². The van der Waals surface area contributed by atoms with E-state index in [2.05, 4.69) is 52.7 Å². The number of piperidine rings is 1. The van der Waals surface area contributed by atoms with Gasteiger partial charge in [-0.2, -0.15) is 0 Å². The van der Waals surface area contributed by atoms with Crippen molar-refractivity contribution >= 4 is 11.9 Å². The Kier molecular flexibility index (Phi) is 12.2. The summed E-state index contributed by atoms with van der Waals surface area (Å²) < 4.78 is 13.2. The smallest absolute Gasteiger partial charge is 0.303 e. The number of amides is 1. The molecule has 3 atom stereocenters. The van der Waals surface area contributed by atoms with Crippen LogP contribution in [0.3, 0.4) is 0 Å². The third-order valence-corrected chi connectivity index (χ3v) is 8.73. The quantitative estimate of drug-likeness (QED) is 0.177. The van der Waals surface area contributed by atoms with Crippen LogP contribution in [0.2, 0.25) is 0 Å². The van der Waals surface area contributed by atoms with Crippen LogP contribution in [0.25, 0.3) is 11.1 Å². The summed E-state index contributed by atoms with van der Waals surface area (Å²) in [5, 5.41) is 21.3. The molecular formula is C37H46N2O6. The van der Waals surface area contributed by atoms with Crippen LogP contribution in [0, 0.1) is 0 Å². The molecule has 3 aromatic rings. The molecule has 1 amide bonds. The molecule has 8 heteroatoms. The summed E-state index contributed by atoms with van der Waals surface area (Å²) >= 11 is 0. The average molecular weight is 615 g/mol. The number of hydrogen-bond acceptors (Lipinski definition) is 6. The molecule has 5 rings (SSSR count). The van der Waals surface area contributed by atoms with Crippen molar-refractivity contribution in [3.63, 3.8) is 0 Å². The van der Waals surface area contributed by atoms with Crippen LogP contribution in [0.4, 0.5) is 0 Å². The van der Waals surface area contributed by atoms with Crippen molar-refractivity contribution in [3.05, 3.63) is 95.1 Å². The van der Waals surface area contributed by atoms with Gasteiger partial charge in [-0.05, 0) is 78.7 Å². The van der Waals surface area contributed by atoms with Crippen LogP contribution in [0.1, 0.15) is 92.4 Å². The van der Waals surface area contributed by atoms with Gasteiger partial charge in [0.25, 0.3) is 0 Å². The Hall–Kier alpha value is -3.56.